The smallest absolute Gasteiger partial charge is 0.317 e. The molecular formula is C17H26N2O3. The summed E-state index contributed by atoms with van der Waals surface area (Å²) < 4.78 is 5.15. The van der Waals surface area contributed by atoms with Crippen LogP contribution in [-0.2, 0) is 0 Å². The Hall–Kier alpha value is -1.75. The average Bonchev–Trinajstić information content (AvgIpc) is 2.55. The number of aliphatic hydroxyl groups excluding tert-OH is 1. The Bertz CT molecular complexity index is 487. The van der Waals surface area contributed by atoms with Gasteiger partial charge in [0.1, 0.15) is 5.75 Å². The van der Waals surface area contributed by atoms with Gasteiger partial charge in [-0.05, 0) is 30.5 Å². The van der Waals surface area contributed by atoms with Crippen LogP contribution in [0.4, 0.5) is 4.79 Å². The molecular weight excluding hydrogens is 280 g/mol. The summed E-state index contributed by atoms with van der Waals surface area (Å²) in [6.07, 6.45) is 5.01. The summed E-state index contributed by atoms with van der Waals surface area (Å²) in [5.41, 5.74) is 0.747. The fourth-order valence-corrected chi connectivity index (χ4v) is 2.83. The van der Waals surface area contributed by atoms with E-state index in [1.165, 1.54) is 19.3 Å². The van der Waals surface area contributed by atoms with Crippen LogP contribution in [0.1, 0.15) is 43.8 Å². The Morgan fingerprint density at radius 3 is 2.82 bits per heavy atom. The van der Waals surface area contributed by atoms with Crippen molar-refractivity contribution in [1.29, 1.82) is 0 Å². The highest BCUT2D eigenvalue weighted by molar-refractivity contribution is 5.74. The van der Waals surface area contributed by atoms with E-state index in [-0.39, 0.29) is 18.6 Å². The molecule has 5 nitrogen and oxygen atoms in total. The van der Waals surface area contributed by atoms with Crippen molar-refractivity contribution in [2.75, 3.05) is 20.7 Å². The molecule has 0 bridgehead atoms. The molecule has 0 aliphatic heterocycles. The molecule has 0 aromatic heterocycles. The first kappa shape index (κ1) is 16.6. The number of methoxy groups -OCH3 is 1. The van der Waals surface area contributed by atoms with Crippen LogP contribution in [-0.4, -0.2) is 42.8 Å². The zero-order valence-corrected chi connectivity index (χ0v) is 13.4. The van der Waals surface area contributed by atoms with Crippen molar-refractivity contribution in [3.63, 3.8) is 0 Å². The number of hydrogen-bond donors (Lipinski definition) is 2. The number of likely N-dealkylation sites (N-methyl/N-ethyl adjacent to an activating group) is 1. The minimum Gasteiger partial charge on any atom is -0.497 e. The SMILES string of the molecule is COc1cccc(C(O)CN(C)C(=O)NC2CCCCC2)c1. The number of nitrogens with one attached hydrogen (secondary N) is 1. The molecule has 0 spiro atoms. The van der Waals surface area contributed by atoms with Gasteiger partial charge < -0.3 is 20.1 Å². The van der Waals surface area contributed by atoms with E-state index < -0.39 is 6.10 Å². The summed E-state index contributed by atoms with van der Waals surface area (Å²) in [5, 5.41) is 13.3. The summed E-state index contributed by atoms with van der Waals surface area (Å²) in [4.78, 5) is 13.7. The second-order valence-corrected chi connectivity index (χ2v) is 5.96. The molecule has 0 heterocycles. The number of urea groups is 1. The zero-order valence-electron chi connectivity index (χ0n) is 13.4. The molecule has 2 rings (SSSR count). The standard InChI is InChI=1S/C17H26N2O3/c1-19(17(21)18-14-8-4-3-5-9-14)12-16(20)13-7-6-10-15(11-13)22-2/h6-7,10-11,14,16,20H,3-5,8-9,12H2,1-2H3,(H,18,21). The van der Waals surface area contributed by atoms with Crippen molar-refractivity contribution in [1.82, 2.24) is 10.2 Å². The van der Waals surface area contributed by atoms with Gasteiger partial charge in [-0.1, -0.05) is 31.4 Å². The number of amides is 2. The zero-order chi connectivity index (χ0) is 15.9. The Morgan fingerprint density at radius 1 is 1.41 bits per heavy atom. The van der Waals surface area contributed by atoms with Crippen molar-refractivity contribution < 1.29 is 14.6 Å². The third-order valence-corrected chi connectivity index (χ3v) is 4.20. The molecule has 22 heavy (non-hydrogen) atoms. The van der Waals surface area contributed by atoms with Crippen molar-refractivity contribution in [2.24, 2.45) is 0 Å². The second-order valence-electron chi connectivity index (χ2n) is 5.96. The normalized spacial score (nSPS) is 16.9. The maximum absolute atomic E-state index is 12.2. The van der Waals surface area contributed by atoms with Crippen molar-refractivity contribution in [3.8, 4) is 5.75 Å². The summed E-state index contributed by atoms with van der Waals surface area (Å²) in [6.45, 7) is 0.256. The van der Waals surface area contributed by atoms with Crippen molar-refractivity contribution in [3.05, 3.63) is 29.8 Å². The average molecular weight is 306 g/mol. The molecule has 122 valence electrons. The number of ether oxygens (including phenoxy) is 1. The number of carbonyl (C=O) groups excluding carboxylic acids is 1. The van der Waals surface area contributed by atoms with Gasteiger partial charge in [0.25, 0.3) is 0 Å². The molecule has 1 aromatic carbocycles. The Balaban J connectivity index is 1.86. The summed E-state index contributed by atoms with van der Waals surface area (Å²) >= 11 is 0. The minimum atomic E-state index is -0.725. The third-order valence-electron chi connectivity index (χ3n) is 4.20. The predicted molar refractivity (Wildman–Crippen MR) is 86.0 cm³/mol. The molecule has 1 aliphatic carbocycles. The maximum atomic E-state index is 12.2. The third kappa shape index (κ3) is 4.63. The van der Waals surface area contributed by atoms with Crippen molar-refractivity contribution in [2.45, 2.75) is 44.2 Å². The molecule has 2 N–H and O–H groups in total. The van der Waals surface area contributed by atoms with Gasteiger partial charge in [0, 0.05) is 13.1 Å². The first-order valence-electron chi connectivity index (χ1n) is 7.94. The molecule has 1 fully saturated rings. The second kappa shape index (κ2) is 8.03. The van der Waals surface area contributed by atoms with Gasteiger partial charge in [-0.2, -0.15) is 0 Å². The van der Waals surface area contributed by atoms with E-state index in [1.807, 2.05) is 18.2 Å². The lowest BCUT2D eigenvalue weighted by Gasteiger charge is -2.27. The molecule has 1 aromatic rings. The molecule has 5 heteroatoms. The van der Waals surface area contributed by atoms with Gasteiger partial charge in [0.15, 0.2) is 0 Å². The van der Waals surface area contributed by atoms with Crippen LogP contribution < -0.4 is 10.1 Å². The largest absolute Gasteiger partial charge is 0.497 e. The Kier molecular flexibility index (Phi) is 6.07. The monoisotopic (exact) mass is 306 g/mol. The van der Waals surface area contributed by atoms with E-state index in [0.717, 1.165) is 18.4 Å². The number of benzene rings is 1. The fraction of sp³-hybridized carbons (Fsp3) is 0.588. The number of carbonyl (C=O) groups is 1. The van der Waals surface area contributed by atoms with Crippen LogP contribution in [0, 0.1) is 0 Å². The first-order chi connectivity index (χ1) is 10.6. The number of hydrogen-bond acceptors (Lipinski definition) is 3. The molecule has 2 amide bonds. The van der Waals surface area contributed by atoms with E-state index in [4.69, 9.17) is 4.74 Å². The summed E-state index contributed by atoms with van der Waals surface area (Å²) in [7, 11) is 3.30. The van der Waals surface area contributed by atoms with Crippen LogP contribution in [0.5, 0.6) is 5.75 Å². The predicted octanol–water partition coefficient (Wildman–Crippen LogP) is 2.70. The van der Waals surface area contributed by atoms with E-state index in [9.17, 15) is 9.90 Å². The molecule has 0 saturated heterocycles. The first-order valence-corrected chi connectivity index (χ1v) is 7.94. The number of aliphatic hydroxyl groups is 1. The fourth-order valence-electron chi connectivity index (χ4n) is 2.83. The van der Waals surface area contributed by atoms with Crippen LogP contribution in [0.3, 0.4) is 0 Å². The highest BCUT2D eigenvalue weighted by atomic mass is 16.5. The van der Waals surface area contributed by atoms with E-state index >= 15 is 0 Å². The molecule has 1 saturated carbocycles. The number of nitrogens with zero attached hydrogens (tertiary/aromatic N) is 1. The van der Waals surface area contributed by atoms with Gasteiger partial charge in [-0.3, -0.25) is 0 Å². The van der Waals surface area contributed by atoms with E-state index in [1.54, 1.807) is 25.1 Å². The highest BCUT2D eigenvalue weighted by Crippen LogP contribution is 2.20. The minimum absolute atomic E-state index is 0.117. The van der Waals surface area contributed by atoms with Gasteiger partial charge in [0.2, 0.25) is 0 Å². The Labute approximate surface area is 132 Å². The number of rotatable bonds is 5. The van der Waals surface area contributed by atoms with Crippen molar-refractivity contribution >= 4 is 6.03 Å². The van der Waals surface area contributed by atoms with Gasteiger partial charge in [-0.25, -0.2) is 4.79 Å². The lowest BCUT2D eigenvalue weighted by atomic mass is 9.96. The van der Waals surface area contributed by atoms with Gasteiger partial charge in [-0.15, -0.1) is 0 Å². The molecule has 1 unspecified atom stereocenters. The maximum Gasteiger partial charge on any atom is 0.317 e. The molecule has 1 atom stereocenters. The lowest BCUT2D eigenvalue weighted by Crippen LogP contribution is -2.45. The van der Waals surface area contributed by atoms with Crippen LogP contribution in [0.15, 0.2) is 24.3 Å². The summed E-state index contributed by atoms with van der Waals surface area (Å²) in [5.74, 6) is 0.700. The van der Waals surface area contributed by atoms with Crippen LogP contribution in [0.25, 0.3) is 0 Å². The summed E-state index contributed by atoms with van der Waals surface area (Å²) in [6, 6.07) is 7.44. The topological polar surface area (TPSA) is 61.8 Å². The lowest BCUT2D eigenvalue weighted by molar-refractivity contribution is 0.129. The van der Waals surface area contributed by atoms with E-state index in [2.05, 4.69) is 5.32 Å². The molecule has 0 radical (unpaired) electrons. The molecule has 1 aliphatic rings. The van der Waals surface area contributed by atoms with Gasteiger partial charge in [0.05, 0.1) is 19.8 Å². The van der Waals surface area contributed by atoms with E-state index in [0.29, 0.717) is 5.75 Å². The van der Waals surface area contributed by atoms with Crippen LogP contribution >= 0.6 is 0 Å². The highest BCUT2D eigenvalue weighted by Gasteiger charge is 2.20. The Morgan fingerprint density at radius 2 is 2.14 bits per heavy atom. The quantitative estimate of drug-likeness (QED) is 0.879. The van der Waals surface area contributed by atoms with Gasteiger partial charge >= 0.3 is 6.03 Å². The van der Waals surface area contributed by atoms with Crippen LogP contribution in [0.2, 0.25) is 0 Å².